The molecule has 3 atom stereocenters. The maximum Gasteiger partial charge on any atom is 0.0471 e. The number of nitrogens with one attached hydrogen (secondary N) is 1. The van der Waals surface area contributed by atoms with Crippen LogP contribution in [0.2, 0.25) is 0 Å². The lowest BCUT2D eigenvalue weighted by molar-refractivity contribution is 0.0465. The fraction of sp³-hybridized carbons (Fsp3) is 1.00. The Hall–Kier alpha value is -0.120. The maximum absolute atomic E-state index is 9.39. The van der Waals surface area contributed by atoms with Crippen LogP contribution >= 0.6 is 0 Å². The largest absolute Gasteiger partial charge is 0.396 e. The fourth-order valence-corrected chi connectivity index (χ4v) is 4.42. The molecule has 2 fully saturated rings. The minimum absolute atomic E-state index is 0.367. The Morgan fingerprint density at radius 2 is 2.16 bits per heavy atom. The monoisotopic (exact) mass is 268 g/mol. The summed E-state index contributed by atoms with van der Waals surface area (Å²) in [5, 5.41) is 12.8. The number of piperidine rings is 1. The number of nitrogens with zero attached hydrogens (tertiary/aromatic N) is 1. The number of aliphatic hydroxyl groups is 1. The van der Waals surface area contributed by atoms with Crippen molar-refractivity contribution in [1.82, 2.24) is 10.2 Å². The van der Waals surface area contributed by atoms with Crippen LogP contribution < -0.4 is 5.32 Å². The highest BCUT2D eigenvalue weighted by Gasteiger charge is 2.36. The second-order valence-corrected chi connectivity index (χ2v) is 7.16. The average Bonchev–Trinajstić information content (AvgIpc) is 2.39. The summed E-state index contributed by atoms with van der Waals surface area (Å²) in [6.45, 7) is 7.50. The van der Waals surface area contributed by atoms with E-state index in [-0.39, 0.29) is 0 Å². The number of likely N-dealkylation sites (tertiary alicyclic amines) is 1. The minimum atomic E-state index is 0.367. The molecule has 1 saturated carbocycles. The van der Waals surface area contributed by atoms with Crippen LogP contribution in [0.5, 0.6) is 0 Å². The fourth-order valence-electron chi connectivity index (χ4n) is 4.42. The Kier molecular flexibility index (Phi) is 5.67. The van der Waals surface area contributed by atoms with Crippen molar-refractivity contribution in [2.45, 2.75) is 45.4 Å². The SMILES string of the molecule is CNCC1(CN2CCCC(CO)C2)CCCC(C)C1. The molecule has 112 valence electrons. The van der Waals surface area contributed by atoms with Crippen LogP contribution in [0.15, 0.2) is 0 Å². The van der Waals surface area contributed by atoms with Crippen molar-refractivity contribution in [3.63, 3.8) is 0 Å². The zero-order valence-corrected chi connectivity index (χ0v) is 12.8. The summed E-state index contributed by atoms with van der Waals surface area (Å²) in [6.07, 6.45) is 8.01. The molecule has 19 heavy (non-hydrogen) atoms. The van der Waals surface area contributed by atoms with Gasteiger partial charge in [-0.05, 0) is 56.5 Å². The molecule has 0 aromatic rings. The average molecular weight is 268 g/mol. The first-order chi connectivity index (χ1) is 9.17. The Balaban J connectivity index is 1.95. The summed E-state index contributed by atoms with van der Waals surface area (Å²) in [4.78, 5) is 2.62. The first-order valence-corrected chi connectivity index (χ1v) is 8.15. The van der Waals surface area contributed by atoms with E-state index in [0.717, 1.165) is 19.0 Å². The van der Waals surface area contributed by atoms with Crippen molar-refractivity contribution < 1.29 is 5.11 Å². The molecular weight excluding hydrogens is 236 g/mol. The molecule has 0 bridgehead atoms. The Labute approximate surface area is 118 Å². The Morgan fingerprint density at radius 3 is 2.84 bits per heavy atom. The number of rotatable bonds is 5. The summed E-state index contributed by atoms with van der Waals surface area (Å²) in [5.41, 5.74) is 0.476. The van der Waals surface area contributed by atoms with Crippen LogP contribution in [0.3, 0.4) is 0 Å². The van der Waals surface area contributed by atoms with Crippen molar-refractivity contribution in [3.8, 4) is 0 Å². The van der Waals surface area contributed by atoms with E-state index < -0.39 is 0 Å². The molecule has 2 N–H and O–H groups in total. The summed E-state index contributed by atoms with van der Waals surface area (Å²) in [5.74, 6) is 1.39. The first kappa shape index (κ1) is 15.3. The van der Waals surface area contributed by atoms with E-state index in [9.17, 15) is 5.11 Å². The molecule has 3 unspecified atom stereocenters. The lowest BCUT2D eigenvalue weighted by atomic mass is 9.69. The van der Waals surface area contributed by atoms with Gasteiger partial charge < -0.3 is 15.3 Å². The highest BCUT2D eigenvalue weighted by atomic mass is 16.3. The smallest absolute Gasteiger partial charge is 0.0471 e. The highest BCUT2D eigenvalue weighted by molar-refractivity contribution is 4.90. The molecule has 0 radical (unpaired) electrons. The molecule has 1 saturated heterocycles. The van der Waals surface area contributed by atoms with Gasteiger partial charge in [0.25, 0.3) is 0 Å². The quantitative estimate of drug-likeness (QED) is 0.801. The third-order valence-corrected chi connectivity index (χ3v) is 5.16. The molecule has 3 heteroatoms. The second kappa shape index (κ2) is 7.05. The van der Waals surface area contributed by atoms with Crippen molar-refractivity contribution in [2.24, 2.45) is 17.3 Å². The van der Waals surface area contributed by atoms with Gasteiger partial charge in [0, 0.05) is 26.2 Å². The van der Waals surface area contributed by atoms with Gasteiger partial charge in [0.1, 0.15) is 0 Å². The summed E-state index contributed by atoms with van der Waals surface area (Å²) in [7, 11) is 2.09. The number of hydrogen-bond acceptors (Lipinski definition) is 3. The predicted molar refractivity (Wildman–Crippen MR) is 80.2 cm³/mol. The van der Waals surface area contributed by atoms with Gasteiger partial charge in [-0.3, -0.25) is 0 Å². The van der Waals surface area contributed by atoms with Crippen LogP contribution in [-0.4, -0.2) is 49.8 Å². The van der Waals surface area contributed by atoms with Crippen molar-refractivity contribution in [2.75, 3.05) is 39.8 Å². The second-order valence-electron chi connectivity index (χ2n) is 7.16. The minimum Gasteiger partial charge on any atom is -0.396 e. The van der Waals surface area contributed by atoms with Crippen LogP contribution in [0.1, 0.15) is 45.4 Å². The lowest BCUT2D eigenvalue weighted by Crippen LogP contribution is -2.49. The van der Waals surface area contributed by atoms with Crippen molar-refractivity contribution in [3.05, 3.63) is 0 Å². The molecule has 0 aromatic carbocycles. The third-order valence-electron chi connectivity index (χ3n) is 5.16. The lowest BCUT2D eigenvalue weighted by Gasteiger charge is -2.45. The zero-order chi connectivity index (χ0) is 13.7. The molecule has 1 heterocycles. The highest BCUT2D eigenvalue weighted by Crippen LogP contribution is 2.40. The van der Waals surface area contributed by atoms with Gasteiger partial charge >= 0.3 is 0 Å². The number of hydrogen-bond donors (Lipinski definition) is 2. The maximum atomic E-state index is 9.39. The molecule has 1 aliphatic heterocycles. The molecule has 2 aliphatic rings. The van der Waals surface area contributed by atoms with Crippen molar-refractivity contribution in [1.29, 1.82) is 0 Å². The molecule has 3 nitrogen and oxygen atoms in total. The van der Waals surface area contributed by atoms with Crippen LogP contribution in [-0.2, 0) is 0 Å². The van der Waals surface area contributed by atoms with Crippen LogP contribution in [0.25, 0.3) is 0 Å². The van der Waals surface area contributed by atoms with E-state index in [0.29, 0.717) is 17.9 Å². The molecule has 0 aromatic heterocycles. The van der Waals surface area contributed by atoms with E-state index in [2.05, 4.69) is 24.2 Å². The van der Waals surface area contributed by atoms with Gasteiger partial charge in [0.2, 0.25) is 0 Å². The van der Waals surface area contributed by atoms with Crippen LogP contribution in [0.4, 0.5) is 0 Å². The third kappa shape index (κ3) is 4.17. The Bertz CT molecular complexity index is 267. The predicted octanol–water partition coefficient (Wildman–Crippen LogP) is 2.11. The first-order valence-electron chi connectivity index (χ1n) is 8.15. The van der Waals surface area contributed by atoms with E-state index in [1.165, 1.54) is 51.6 Å². The topological polar surface area (TPSA) is 35.5 Å². The van der Waals surface area contributed by atoms with E-state index in [4.69, 9.17) is 0 Å². The molecular formula is C16H32N2O. The molecule has 0 amide bonds. The normalized spacial score (nSPS) is 37.4. The standard InChI is InChI=1S/C16H32N2O/c1-14-5-3-7-16(9-14,12-17-2)13-18-8-4-6-15(10-18)11-19/h14-15,17,19H,3-13H2,1-2H3. The van der Waals surface area contributed by atoms with Crippen molar-refractivity contribution >= 4 is 0 Å². The number of aliphatic hydroxyl groups excluding tert-OH is 1. The van der Waals surface area contributed by atoms with E-state index in [1.54, 1.807) is 0 Å². The van der Waals surface area contributed by atoms with Crippen LogP contribution in [0, 0.1) is 17.3 Å². The van der Waals surface area contributed by atoms with Gasteiger partial charge in [-0.25, -0.2) is 0 Å². The van der Waals surface area contributed by atoms with E-state index in [1.807, 2.05) is 0 Å². The summed E-state index contributed by atoms with van der Waals surface area (Å²) < 4.78 is 0. The van der Waals surface area contributed by atoms with Gasteiger partial charge in [-0.1, -0.05) is 19.8 Å². The zero-order valence-electron chi connectivity index (χ0n) is 12.8. The van der Waals surface area contributed by atoms with Gasteiger partial charge in [-0.15, -0.1) is 0 Å². The van der Waals surface area contributed by atoms with E-state index >= 15 is 0 Å². The summed E-state index contributed by atoms with van der Waals surface area (Å²) >= 11 is 0. The van der Waals surface area contributed by atoms with Gasteiger partial charge in [0.15, 0.2) is 0 Å². The molecule has 1 aliphatic carbocycles. The van der Waals surface area contributed by atoms with Gasteiger partial charge in [0.05, 0.1) is 0 Å². The van der Waals surface area contributed by atoms with Gasteiger partial charge in [-0.2, -0.15) is 0 Å². The molecule has 2 rings (SSSR count). The Morgan fingerprint density at radius 1 is 1.32 bits per heavy atom. The summed E-state index contributed by atoms with van der Waals surface area (Å²) in [6, 6.07) is 0. The molecule has 0 spiro atoms.